The lowest BCUT2D eigenvalue weighted by molar-refractivity contribution is -0.144. The Balaban J connectivity index is 0.989. The van der Waals surface area contributed by atoms with Crippen molar-refractivity contribution in [1.82, 2.24) is 0 Å². The van der Waals surface area contributed by atoms with Crippen molar-refractivity contribution in [2.45, 2.75) is 44.3 Å². The van der Waals surface area contributed by atoms with E-state index in [0.717, 1.165) is 46.1 Å². The van der Waals surface area contributed by atoms with E-state index in [2.05, 4.69) is 98.1 Å². The summed E-state index contributed by atoms with van der Waals surface area (Å²) in [5.41, 5.74) is 15.1. The van der Waals surface area contributed by atoms with Crippen LogP contribution in [0.15, 0.2) is 169 Å². The highest BCUT2D eigenvalue weighted by Gasteiger charge is 2.46. The molecule has 0 amide bonds. The zero-order valence-electron chi connectivity index (χ0n) is 34.1. The second-order valence-electron chi connectivity index (χ2n) is 15.6. The second kappa shape index (κ2) is 16.4. The molecule has 0 saturated carbocycles. The second-order valence-corrected chi connectivity index (χ2v) is 15.6. The maximum absolute atomic E-state index is 11.5. The van der Waals surface area contributed by atoms with E-state index in [-0.39, 0.29) is 13.2 Å². The standard InChI is InChI=1S/C53H44N2O6/c1-5-51(56)60-33(3)31-58-41-21-15-35(16-22-41)49-29-37-27-39(19-25-47(37)54-49)53(45-13-9-7-11-43(45)44-12-8-10-14-46(44)53)40-20-26-48-38(28-40)30-50(55-48)36-17-23-42(24-18-36)59-32-34(4)61-52(57)6-2/h5-28,33-34H,1-2,29-32H2,3-4H3. The zero-order chi connectivity index (χ0) is 42.1. The topological polar surface area (TPSA) is 95.8 Å². The first-order valence-corrected chi connectivity index (χ1v) is 20.5. The molecule has 1 aliphatic carbocycles. The van der Waals surface area contributed by atoms with Crippen LogP contribution >= 0.6 is 0 Å². The Hall–Kier alpha value is -7.32. The van der Waals surface area contributed by atoms with Gasteiger partial charge in [0.05, 0.1) is 28.2 Å². The summed E-state index contributed by atoms with van der Waals surface area (Å²) < 4.78 is 22.2. The van der Waals surface area contributed by atoms with Crippen LogP contribution in [0.1, 0.15) is 58.4 Å². The predicted molar refractivity (Wildman–Crippen MR) is 239 cm³/mol. The van der Waals surface area contributed by atoms with Crippen molar-refractivity contribution in [3.63, 3.8) is 0 Å². The summed E-state index contributed by atoms with van der Waals surface area (Å²) in [5, 5.41) is 0. The number of ether oxygens (including phenoxy) is 4. The van der Waals surface area contributed by atoms with Crippen LogP contribution in [-0.2, 0) is 37.3 Å². The van der Waals surface area contributed by atoms with Crippen LogP contribution in [0.25, 0.3) is 11.1 Å². The van der Waals surface area contributed by atoms with E-state index in [1.54, 1.807) is 13.8 Å². The van der Waals surface area contributed by atoms with Gasteiger partial charge in [-0.1, -0.05) is 86.0 Å². The smallest absolute Gasteiger partial charge is 0.330 e. The number of fused-ring (bicyclic) bond motifs is 5. The molecule has 302 valence electrons. The fourth-order valence-electron chi connectivity index (χ4n) is 8.70. The molecule has 2 unspecified atom stereocenters. The first kappa shape index (κ1) is 39.2. The van der Waals surface area contributed by atoms with Gasteiger partial charge in [0.25, 0.3) is 0 Å². The number of hydrogen-bond donors (Lipinski definition) is 0. The zero-order valence-corrected chi connectivity index (χ0v) is 34.1. The van der Waals surface area contributed by atoms with E-state index >= 15 is 0 Å². The molecular formula is C53H44N2O6. The Morgan fingerprint density at radius 3 is 1.41 bits per heavy atom. The lowest BCUT2D eigenvalue weighted by atomic mass is 9.67. The third kappa shape index (κ3) is 7.46. The number of rotatable bonds is 14. The minimum Gasteiger partial charge on any atom is -0.490 e. The Morgan fingerprint density at radius 2 is 1.00 bits per heavy atom. The number of carbonyl (C=O) groups is 2. The first-order valence-electron chi connectivity index (χ1n) is 20.5. The highest BCUT2D eigenvalue weighted by Crippen LogP contribution is 2.57. The van der Waals surface area contributed by atoms with Crippen LogP contribution in [0.3, 0.4) is 0 Å². The van der Waals surface area contributed by atoms with Crippen molar-refractivity contribution < 1.29 is 28.5 Å². The van der Waals surface area contributed by atoms with Gasteiger partial charge in [-0.3, -0.25) is 9.98 Å². The maximum atomic E-state index is 11.5. The van der Waals surface area contributed by atoms with Crippen LogP contribution in [0.5, 0.6) is 11.5 Å². The minimum absolute atomic E-state index is 0.240. The molecule has 0 bridgehead atoms. The molecule has 0 radical (unpaired) electrons. The van der Waals surface area contributed by atoms with Gasteiger partial charge in [0.1, 0.15) is 36.9 Å². The SMILES string of the molecule is C=CC(=O)OC(C)COc1ccc(C2=Nc3ccc(C4(c5ccc6c(c5)CC(c5ccc(OCC(C)OC(=O)C=C)cc5)=N6)c5ccccc5-c5ccccc54)cc3C2)cc1. The highest BCUT2D eigenvalue weighted by molar-refractivity contribution is 6.07. The molecule has 2 aliphatic heterocycles. The average molecular weight is 805 g/mol. The Kier molecular flexibility index (Phi) is 10.5. The Labute approximate surface area is 355 Å². The van der Waals surface area contributed by atoms with Crippen molar-refractivity contribution >= 4 is 34.7 Å². The minimum atomic E-state index is -0.574. The normalized spacial score (nSPS) is 14.9. The van der Waals surface area contributed by atoms with Crippen molar-refractivity contribution in [3.8, 4) is 22.6 Å². The predicted octanol–water partition coefficient (Wildman–Crippen LogP) is 10.4. The van der Waals surface area contributed by atoms with E-state index in [1.165, 1.54) is 44.5 Å². The first-order chi connectivity index (χ1) is 29.7. The summed E-state index contributed by atoms with van der Waals surface area (Å²) in [4.78, 5) is 33.3. The third-order valence-corrected chi connectivity index (χ3v) is 11.5. The van der Waals surface area contributed by atoms with Crippen LogP contribution < -0.4 is 9.47 Å². The van der Waals surface area contributed by atoms with Crippen LogP contribution in [-0.4, -0.2) is 48.8 Å². The number of aliphatic imine (C=N–C) groups is 2. The molecule has 0 spiro atoms. The number of hydrogen-bond acceptors (Lipinski definition) is 8. The molecule has 0 saturated heterocycles. The van der Waals surface area contributed by atoms with E-state index in [0.29, 0.717) is 24.3 Å². The van der Waals surface area contributed by atoms with Crippen molar-refractivity contribution in [2.75, 3.05) is 13.2 Å². The third-order valence-electron chi connectivity index (χ3n) is 11.5. The van der Waals surface area contributed by atoms with Gasteiger partial charge in [-0.2, -0.15) is 0 Å². The summed E-state index contributed by atoms with van der Waals surface area (Å²) in [5.74, 6) is 0.440. The Morgan fingerprint density at radius 1 is 0.590 bits per heavy atom. The van der Waals surface area contributed by atoms with Gasteiger partial charge in [-0.25, -0.2) is 9.59 Å². The molecule has 2 atom stereocenters. The van der Waals surface area contributed by atoms with Crippen molar-refractivity contribution in [2.24, 2.45) is 9.98 Å². The number of benzene rings is 6. The quantitative estimate of drug-likeness (QED) is 0.0802. The van der Waals surface area contributed by atoms with Gasteiger partial charge in [0.2, 0.25) is 0 Å². The molecule has 8 nitrogen and oxygen atoms in total. The van der Waals surface area contributed by atoms with Gasteiger partial charge >= 0.3 is 11.9 Å². The fourth-order valence-corrected chi connectivity index (χ4v) is 8.70. The molecule has 2 heterocycles. The molecule has 0 N–H and O–H groups in total. The average Bonchev–Trinajstić information content (AvgIpc) is 4.00. The maximum Gasteiger partial charge on any atom is 0.330 e. The molecule has 6 aromatic rings. The van der Waals surface area contributed by atoms with Crippen LogP contribution in [0.2, 0.25) is 0 Å². The summed E-state index contributed by atoms with van der Waals surface area (Å²) in [6.45, 7) is 10.9. The molecule has 6 aromatic carbocycles. The molecule has 9 rings (SSSR count). The summed E-state index contributed by atoms with van der Waals surface area (Å²) in [6.07, 6.45) is 2.89. The van der Waals surface area contributed by atoms with Gasteiger partial charge in [-0.15, -0.1) is 0 Å². The Bertz CT molecular complexity index is 2580. The highest BCUT2D eigenvalue weighted by atomic mass is 16.6. The number of nitrogens with zero attached hydrogens (tertiary/aromatic N) is 2. The molecule has 3 aliphatic rings. The van der Waals surface area contributed by atoms with Crippen LogP contribution in [0, 0.1) is 0 Å². The van der Waals surface area contributed by atoms with E-state index in [1.807, 2.05) is 48.5 Å². The monoisotopic (exact) mass is 804 g/mol. The number of esters is 2. The largest absolute Gasteiger partial charge is 0.490 e. The molecule has 0 aromatic heterocycles. The lowest BCUT2D eigenvalue weighted by Crippen LogP contribution is -2.29. The molecule has 0 fully saturated rings. The van der Waals surface area contributed by atoms with E-state index in [9.17, 15) is 9.59 Å². The van der Waals surface area contributed by atoms with Crippen molar-refractivity contribution in [3.05, 3.63) is 203 Å². The molecule has 61 heavy (non-hydrogen) atoms. The van der Waals surface area contributed by atoms with E-state index in [4.69, 9.17) is 28.9 Å². The van der Waals surface area contributed by atoms with Gasteiger partial charge in [0.15, 0.2) is 0 Å². The van der Waals surface area contributed by atoms with Gasteiger partial charge < -0.3 is 18.9 Å². The van der Waals surface area contributed by atoms with Gasteiger partial charge in [0, 0.05) is 25.0 Å². The summed E-state index contributed by atoms with van der Waals surface area (Å²) in [7, 11) is 0. The van der Waals surface area contributed by atoms with E-state index < -0.39 is 29.6 Å². The fraction of sp³-hybridized carbons (Fsp3) is 0.170. The molecular weight excluding hydrogens is 761 g/mol. The van der Waals surface area contributed by atoms with Crippen molar-refractivity contribution in [1.29, 1.82) is 0 Å². The summed E-state index contributed by atoms with van der Waals surface area (Å²) >= 11 is 0. The molecule has 8 heteroatoms. The number of carbonyl (C=O) groups excluding carboxylic acids is 2. The van der Waals surface area contributed by atoms with Gasteiger partial charge in [-0.05, 0) is 130 Å². The van der Waals surface area contributed by atoms with Crippen LogP contribution in [0.4, 0.5) is 11.4 Å². The summed E-state index contributed by atoms with van der Waals surface area (Å²) in [6, 6.07) is 47.0. The lowest BCUT2D eigenvalue weighted by Gasteiger charge is -2.34.